The van der Waals surface area contributed by atoms with Gasteiger partial charge in [-0.25, -0.2) is 0 Å². The maximum atomic E-state index is 12.1. The molecule has 1 heterocycles. The topological polar surface area (TPSA) is 70.7 Å². The number of alkyl halides is 3. The van der Waals surface area contributed by atoms with Crippen LogP contribution in [-0.2, 0) is 17.5 Å². The Kier molecular flexibility index (Phi) is 2.94. The summed E-state index contributed by atoms with van der Waals surface area (Å²) < 4.78 is 37.0. The molecular formula is C7H5F3N4O. The third-order valence-electron chi connectivity index (χ3n) is 1.43. The van der Waals surface area contributed by atoms with Crippen LogP contribution in [0, 0.1) is 11.5 Å². The molecule has 0 aromatic carbocycles. The highest BCUT2D eigenvalue weighted by atomic mass is 19.4. The molecule has 1 aromatic heterocycles. The summed E-state index contributed by atoms with van der Waals surface area (Å²) in [5.41, 5.74) is -1.08. The van der Waals surface area contributed by atoms with E-state index in [0.717, 1.165) is 16.9 Å². The second-order valence-electron chi connectivity index (χ2n) is 2.56. The average Bonchev–Trinajstić information content (AvgIpc) is 2.52. The Morgan fingerprint density at radius 2 is 2.33 bits per heavy atom. The molecule has 1 aromatic rings. The van der Waals surface area contributed by atoms with Gasteiger partial charge in [-0.3, -0.25) is 14.8 Å². The molecule has 15 heavy (non-hydrogen) atoms. The molecule has 1 amide bonds. The minimum Gasteiger partial charge on any atom is -0.272 e. The van der Waals surface area contributed by atoms with E-state index in [1.807, 2.05) is 0 Å². The van der Waals surface area contributed by atoms with Crippen LogP contribution in [0.25, 0.3) is 0 Å². The van der Waals surface area contributed by atoms with E-state index in [4.69, 9.17) is 5.26 Å². The van der Waals surface area contributed by atoms with Gasteiger partial charge in [0.1, 0.15) is 6.54 Å². The minimum absolute atomic E-state index is 0.427. The van der Waals surface area contributed by atoms with Crippen molar-refractivity contribution < 1.29 is 18.0 Å². The number of amides is 1. The fourth-order valence-corrected chi connectivity index (χ4v) is 0.850. The molecule has 0 aliphatic heterocycles. The monoisotopic (exact) mass is 218 g/mol. The van der Waals surface area contributed by atoms with Crippen LogP contribution < -0.4 is 5.32 Å². The fourth-order valence-electron chi connectivity index (χ4n) is 0.850. The number of halogens is 3. The van der Waals surface area contributed by atoms with Crippen LogP contribution in [0.5, 0.6) is 0 Å². The van der Waals surface area contributed by atoms with E-state index in [2.05, 4.69) is 5.10 Å². The lowest BCUT2D eigenvalue weighted by atomic mass is 10.4. The molecule has 0 unspecified atom stereocenters. The lowest BCUT2D eigenvalue weighted by Crippen LogP contribution is -2.23. The van der Waals surface area contributed by atoms with Gasteiger partial charge in [0, 0.05) is 6.20 Å². The summed E-state index contributed by atoms with van der Waals surface area (Å²) in [6, 6.07) is 0.750. The van der Waals surface area contributed by atoms with E-state index >= 15 is 0 Å². The van der Waals surface area contributed by atoms with Crippen LogP contribution in [0.1, 0.15) is 5.69 Å². The first-order chi connectivity index (χ1) is 6.93. The molecule has 0 saturated carbocycles. The highest BCUT2D eigenvalue weighted by Crippen LogP contribution is 2.27. The smallest absolute Gasteiger partial charge is 0.272 e. The summed E-state index contributed by atoms with van der Waals surface area (Å²) in [7, 11) is 0. The summed E-state index contributed by atoms with van der Waals surface area (Å²) in [6.45, 7) is -0.427. The lowest BCUT2D eigenvalue weighted by Gasteiger charge is -2.01. The Hall–Kier alpha value is -2.04. The zero-order valence-corrected chi connectivity index (χ0v) is 7.25. The minimum atomic E-state index is -4.53. The normalized spacial score (nSPS) is 10.8. The van der Waals surface area contributed by atoms with Gasteiger partial charge in [0.25, 0.3) is 5.91 Å². The van der Waals surface area contributed by atoms with Crippen LogP contribution in [0.4, 0.5) is 13.2 Å². The van der Waals surface area contributed by atoms with E-state index in [1.165, 1.54) is 6.19 Å². The predicted octanol–water partition coefficient (Wildman–Crippen LogP) is 0.499. The van der Waals surface area contributed by atoms with Crippen molar-refractivity contribution in [1.82, 2.24) is 15.1 Å². The Morgan fingerprint density at radius 3 is 2.80 bits per heavy atom. The van der Waals surface area contributed by atoms with Crippen molar-refractivity contribution in [3.8, 4) is 6.19 Å². The summed E-state index contributed by atoms with van der Waals surface area (Å²) in [5, 5.41) is 12.9. The molecule has 0 atom stereocenters. The third-order valence-corrected chi connectivity index (χ3v) is 1.43. The van der Waals surface area contributed by atoms with Crippen LogP contribution in [0.15, 0.2) is 12.3 Å². The van der Waals surface area contributed by atoms with E-state index in [-0.39, 0.29) is 0 Å². The zero-order chi connectivity index (χ0) is 11.5. The van der Waals surface area contributed by atoms with E-state index < -0.39 is 24.3 Å². The van der Waals surface area contributed by atoms with E-state index in [9.17, 15) is 18.0 Å². The molecule has 5 nitrogen and oxygen atoms in total. The standard InChI is InChI=1S/C7H5F3N4O/c8-7(9,10)5-1-2-14(13-5)3-6(15)12-4-11/h1-2H,3H2,(H,12,15). The zero-order valence-electron chi connectivity index (χ0n) is 7.25. The molecule has 0 spiro atoms. The van der Waals surface area contributed by atoms with Gasteiger partial charge < -0.3 is 0 Å². The third kappa shape index (κ3) is 2.98. The summed E-state index contributed by atoms with van der Waals surface area (Å²) >= 11 is 0. The Labute approximate surface area is 82.1 Å². The molecular weight excluding hydrogens is 213 g/mol. The highest BCUT2D eigenvalue weighted by Gasteiger charge is 2.33. The number of nitriles is 1. The van der Waals surface area contributed by atoms with Crippen molar-refractivity contribution in [2.24, 2.45) is 0 Å². The maximum Gasteiger partial charge on any atom is 0.435 e. The maximum absolute atomic E-state index is 12.1. The first-order valence-corrected chi connectivity index (χ1v) is 3.72. The number of hydrogen-bond donors (Lipinski definition) is 1. The molecule has 1 N–H and O–H groups in total. The van der Waals surface area contributed by atoms with Crippen molar-refractivity contribution >= 4 is 5.91 Å². The Morgan fingerprint density at radius 1 is 1.67 bits per heavy atom. The van der Waals surface area contributed by atoms with Crippen molar-refractivity contribution in [2.45, 2.75) is 12.7 Å². The number of nitrogens with zero attached hydrogens (tertiary/aromatic N) is 3. The number of carbonyl (C=O) groups excluding carboxylic acids is 1. The number of nitrogens with one attached hydrogen (secondary N) is 1. The van der Waals surface area contributed by atoms with Crippen LogP contribution in [-0.4, -0.2) is 15.7 Å². The SMILES string of the molecule is N#CNC(=O)Cn1ccc(C(F)(F)F)n1. The average molecular weight is 218 g/mol. The molecule has 0 radical (unpaired) electrons. The van der Waals surface area contributed by atoms with Crippen LogP contribution in [0.2, 0.25) is 0 Å². The lowest BCUT2D eigenvalue weighted by molar-refractivity contribution is -0.141. The van der Waals surface area contributed by atoms with Gasteiger partial charge in [-0.1, -0.05) is 0 Å². The summed E-state index contributed by atoms with van der Waals surface area (Å²) in [5.74, 6) is -0.727. The quantitative estimate of drug-likeness (QED) is 0.580. The molecule has 1 rings (SSSR count). The van der Waals surface area contributed by atoms with Gasteiger partial charge in [-0.15, -0.1) is 0 Å². The van der Waals surface area contributed by atoms with Crippen molar-refractivity contribution in [3.63, 3.8) is 0 Å². The Bertz CT molecular complexity index is 403. The molecule has 0 bridgehead atoms. The van der Waals surface area contributed by atoms with Gasteiger partial charge in [0.2, 0.25) is 0 Å². The predicted molar refractivity (Wildman–Crippen MR) is 41.0 cm³/mol. The fraction of sp³-hybridized carbons (Fsp3) is 0.286. The molecule has 0 fully saturated rings. The van der Waals surface area contributed by atoms with Crippen LogP contribution >= 0.6 is 0 Å². The number of hydrogen-bond acceptors (Lipinski definition) is 3. The number of carbonyl (C=O) groups is 1. The highest BCUT2D eigenvalue weighted by molar-refractivity contribution is 5.76. The first-order valence-electron chi connectivity index (χ1n) is 3.72. The van der Waals surface area contributed by atoms with Gasteiger partial charge in [-0.2, -0.15) is 23.5 Å². The molecule has 0 aliphatic rings. The molecule has 8 heteroatoms. The van der Waals surface area contributed by atoms with Gasteiger partial charge in [0.15, 0.2) is 11.9 Å². The van der Waals surface area contributed by atoms with E-state index in [0.29, 0.717) is 0 Å². The van der Waals surface area contributed by atoms with Crippen molar-refractivity contribution in [2.75, 3.05) is 0 Å². The molecule has 0 aliphatic carbocycles. The molecule has 0 saturated heterocycles. The van der Waals surface area contributed by atoms with Crippen LogP contribution in [0.3, 0.4) is 0 Å². The first kappa shape index (κ1) is 11.0. The van der Waals surface area contributed by atoms with E-state index in [1.54, 1.807) is 5.32 Å². The van der Waals surface area contributed by atoms with Gasteiger partial charge in [0.05, 0.1) is 0 Å². The van der Waals surface area contributed by atoms with Gasteiger partial charge >= 0.3 is 6.18 Å². The number of aromatic nitrogens is 2. The largest absolute Gasteiger partial charge is 0.435 e. The second kappa shape index (κ2) is 4.00. The second-order valence-corrected chi connectivity index (χ2v) is 2.56. The van der Waals surface area contributed by atoms with Gasteiger partial charge in [-0.05, 0) is 6.07 Å². The molecule has 80 valence electrons. The summed E-state index contributed by atoms with van der Waals surface area (Å²) in [6.07, 6.45) is -2.16. The number of rotatable bonds is 2. The van der Waals surface area contributed by atoms with Crippen molar-refractivity contribution in [1.29, 1.82) is 5.26 Å². The van der Waals surface area contributed by atoms with Crippen molar-refractivity contribution in [3.05, 3.63) is 18.0 Å². The summed E-state index contributed by atoms with van der Waals surface area (Å²) in [4.78, 5) is 10.8. The Balaban J connectivity index is 2.70.